The Hall–Kier alpha value is -3.97. The van der Waals surface area contributed by atoms with Crippen molar-refractivity contribution in [2.24, 2.45) is 10.1 Å². The molecule has 2 aromatic carbocycles. The van der Waals surface area contributed by atoms with Crippen LogP contribution in [0.5, 0.6) is 17.2 Å². The fourth-order valence-electron chi connectivity index (χ4n) is 3.05. The summed E-state index contributed by atoms with van der Waals surface area (Å²) in [6, 6.07) is 10.9. The highest BCUT2D eigenvalue weighted by Crippen LogP contribution is 2.30. The summed E-state index contributed by atoms with van der Waals surface area (Å²) in [6.07, 6.45) is 2.41. The molecule has 0 spiro atoms. The molecule has 0 bridgehead atoms. The Balaban J connectivity index is 1.51. The number of nitrogens with zero attached hydrogens (tertiary/aromatic N) is 3. The monoisotopic (exact) mass is 514 g/mol. The van der Waals surface area contributed by atoms with E-state index in [0.29, 0.717) is 28.8 Å². The number of amides is 1. The van der Waals surface area contributed by atoms with Crippen LogP contribution in [0.1, 0.15) is 15.9 Å². The quantitative estimate of drug-likeness (QED) is 0.361. The Labute approximate surface area is 204 Å². The number of fused-ring (bicyclic) bond motifs is 1. The molecule has 0 unspecified atom stereocenters. The second-order valence-electron chi connectivity index (χ2n) is 7.19. The molecule has 35 heavy (non-hydrogen) atoms. The van der Waals surface area contributed by atoms with Crippen molar-refractivity contribution in [3.63, 3.8) is 0 Å². The Bertz CT molecular complexity index is 1440. The number of esters is 1. The minimum atomic E-state index is -3.61. The Kier molecular flexibility index (Phi) is 6.45. The van der Waals surface area contributed by atoms with E-state index in [9.17, 15) is 18.0 Å². The number of thioether (sulfide) groups is 1. The van der Waals surface area contributed by atoms with Gasteiger partial charge in [0.2, 0.25) is 19.4 Å². The summed E-state index contributed by atoms with van der Waals surface area (Å²) in [4.78, 5) is 28.8. The average Bonchev–Trinajstić information content (AvgIpc) is 3.27. The maximum atomic E-state index is 12.5. The van der Waals surface area contributed by atoms with Crippen LogP contribution in [0.15, 0.2) is 58.1 Å². The standard InChI is InChI=1S/C22H18N4O7S2/c1-31-16-9-6-13(11-17(16)32-2)20(28)33-14-7-4-12(5-8-14)10-15-18(23)26-21(24-19(15)27)34-22(25-26)35(3,29)30/h4-11,23H,1-3H3. The lowest BCUT2D eigenvalue weighted by molar-refractivity contribution is -0.114. The van der Waals surface area contributed by atoms with E-state index >= 15 is 0 Å². The number of carbonyl (C=O) groups is 2. The van der Waals surface area contributed by atoms with Crippen molar-refractivity contribution < 1.29 is 32.2 Å². The summed E-state index contributed by atoms with van der Waals surface area (Å²) in [5, 5.41) is 13.2. The number of carbonyl (C=O) groups excluding carboxylic acids is 2. The molecule has 180 valence electrons. The van der Waals surface area contributed by atoms with Crippen molar-refractivity contribution >= 4 is 54.9 Å². The number of hydrogen-bond donors (Lipinski definition) is 1. The number of methoxy groups -OCH3 is 2. The fraction of sp³-hybridized carbons (Fsp3) is 0.136. The van der Waals surface area contributed by atoms with Gasteiger partial charge in [-0.3, -0.25) is 10.2 Å². The van der Waals surface area contributed by atoms with Crippen LogP contribution in [-0.2, 0) is 14.6 Å². The summed E-state index contributed by atoms with van der Waals surface area (Å²) in [6.45, 7) is 0. The van der Waals surface area contributed by atoms with Crippen LogP contribution in [0.25, 0.3) is 6.08 Å². The lowest BCUT2D eigenvalue weighted by atomic mass is 10.1. The van der Waals surface area contributed by atoms with Gasteiger partial charge in [-0.15, -0.1) is 5.10 Å². The summed E-state index contributed by atoms with van der Waals surface area (Å²) in [5.41, 5.74) is 0.728. The van der Waals surface area contributed by atoms with Crippen LogP contribution in [0, 0.1) is 5.41 Å². The summed E-state index contributed by atoms with van der Waals surface area (Å²) in [7, 11) is -0.661. The van der Waals surface area contributed by atoms with Crippen LogP contribution < -0.4 is 14.2 Å². The van der Waals surface area contributed by atoms with Gasteiger partial charge in [0.1, 0.15) is 5.75 Å². The average molecular weight is 515 g/mol. The highest BCUT2D eigenvalue weighted by Gasteiger charge is 2.38. The number of amidine groups is 2. The normalized spacial score (nSPS) is 16.5. The molecule has 0 saturated heterocycles. The highest BCUT2D eigenvalue weighted by molar-refractivity contribution is 8.42. The Morgan fingerprint density at radius 2 is 1.77 bits per heavy atom. The first-order chi connectivity index (χ1) is 16.6. The number of sulfone groups is 1. The number of benzene rings is 2. The Morgan fingerprint density at radius 1 is 1.09 bits per heavy atom. The third-order valence-electron chi connectivity index (χ3n) is 4.77. The molecule has 1 N–H and O–H groups in total. The molecule has 0 aromatic heterocycles. The number of nitrogens with one attached hydrogen (secondary N) is 1. The summed E-state index contributed by atoms with van der Waals surface area (Å²) >= 11 is 0.713. The molecule has 0 saturated carbocycles. The molecule has 2 aromatic rings. The van der Waals surface area contributed by atoms with E-state index in [2.05, 4.69) is 10.1 Å². The van der Waals surface area contributed by atoms with Crippen molar-refractivity contribution in [3.8, 4) is 17.2 Å². The predicted octanol–water partition coefficient (Wildman–Crippen LogP) is 2.54. The van der Waals surface area contributed by atoms with E-state index in [1.54, 1.807) is 24.3 Å². The molecule has 0 fully saturated rings. The second-order valence-corrected chi connectivity index (χ2v) is 10.3. The predicted molar refractivity (Wildman–Crippen MR) is 131 cm³/mol. The zero-order valence-electron chi connectivity index (χ0n) is 18.6. The number of hydrogen-bond acceptors (Lipinski definition) is 10. The SMILES string of the molecule is COc1ccc(C(=O)Oc2ccc(C=C3C(=N)N4N=C(S(C)(=O)=O)SC4=NC3=O)cc2)cc1OC. The van der Waals surface area contributed by atoms with Gasteiger partial charge in [-0.05, 0) is 53.7 Å². The first-order valence-electron chi connectivity index (χ1n) is 9.85. The minimum Gasteiger partial charge on any atom is -0.493 e. The van der Waals surface area contributed by atoms with Crippen molar-refractivity contribution in [2.75, 3.05) is 20.5 Å². The molecular formula is C22H18N4O7S2. The van der Waals surface area contributed by atoms with Gasteiger partial charge in [-0.25, -0.2) is 13.2 Å². The number of aliphatic imine (C=N–C) groups is 1. The smallest absolute Gasteiger partial charge is 0.343 e. The molecule has 0 radical (unpaired) electrons. The molecule has 1 amide bonds. The van der Waals surface area contributed by atoms with E-state index in [4.69, 9.17) is 19.6 Å². The summed E-state index contributed by atoms with van der Waals surface area (Å²) < 4.78 is 39.0. The molecule has 11 nitrogen and oxygen atoms in total. The third-order valence-corrected chi connectivity index (χ3v) is 7.35. The molecule has 0 aliphatic carbocycles. The molecule has 0 atom stereocenters. The van der Waals surface area contributed by atoms with Crippen molar-refractivity contribution in [3.05, 3.63) is 59.2 Å². The van der Waals surface area contributed by atoms with Crippen LogP contribution >= 0.6 is 11.8 Å². The Morgan fingerprint density at radius 3 is 2.40 bits per heavy atom. The van der Waals surface area contributed by atoms with E-state index in [1.807, 2.05) is 0 Å². The maximum Gasteiger partial charge on any atom is 0.343 e. The largest absolute Gasteiger partial charge is 0.493 e. The number of hydrazone groups is 1. The van der Waals surface area contributed by atoms with E-state index in [0.717, 1.165) is 11.3 Å². The zero-order chi connectivity index (χ0) is 25.3. The van der Waals surface area contributed by atoms with Crippen LogP contribution in [0.4, 0.5) is 0 Å². The van der Waals surface area contributed by atoms with Crippen molar-refractivity contribution in [1.29, 1.82) is 5.41 Å². The molecule has 2 heterocycles. The zero-order valence-corrected chi connectivity index (χ0v) is 20.3. The molecular weight excluding hydrogens is 496 g/mol. The fourth-order valence-corrected chi connectivity index (χ4v) is 4.74. The van der Waals surface area contributed by atoms with Crippen molar-refractivity contribution in [1.82, 2.24) is 5.01 Å². The minimum absolute atomic E-state index is 0.00926. The van der Waals surface area contributed by atoms with Gasteiger partial charge in [0, 0.05) is 6.26 Å². The lowest BCUT2D eigenvalue weighted by Gasteiger charge is -2.20. The third kappa shape index (κ3) is 4.95. The maximum absolute atomic E-state index is 12.5. The van der Waals surface area contributed by atoms with Crippen molar-refractivity contribution in [2.45, 2.75) is 0 Å². The summed E-state index contributed by atoms with van der Waals surface area (Å²) in [5.74, 6) is -0.465. The van der Waals surface area contributed by atoms with Gasteiger partial charge in [0.05, 0.1) is 25.4 Å². The van der Waals surface area contributed by atoms with Gasteiger partial charge in [0.25, 0.3) is 5.91 Å². The molecule has 4 rings (SSSR count). The topological polar surface area (TPSA) is 148 Å². The van der Waals surface area contributed by atoms with Gasteiger partial charge in [-0.1, -0.05) is 12.1 Å². The first kappa shape index (κ1) is 24.2. The highest BCUT2D eigenvalue weighted by atomic mass is 32.3. The van der Waals surface area contributed by atoms with Gasteiger partial charge >= 0.3 is 5.97 Å². The lowest BCUT2D eigenvalue weighted by Crippen LogP contribution is -2.35. The van der Waals surface area contributed by atoms with Crippen LogP contribution in [0.2, 0.25) is 0 Å². The van der Waals surface area contributed by atoms with Gasteiger partial charge < -0.3 is 14.2 Å². The van der Waals surface area contributed by atoms with E-state index in [1.165, 1.54) is 38.5 Å². The van der Waals surface area contributed by atoms with Gasteiger partial charge in [0.15, 0.2) is 17.3 Å². The molecule has 2 aliphatic heterocycles. The van der Waals surface area contributed by atoms with E-state index < -0.39 is 21.7 Å². The van der Waals surface area contributed by atoms with Crippen LogP contribution in [0.3, 0.4) is 0 Å². The first-order valence-corrected chi connectivity index (χ1v) is 12.6. The molecule has 2 aliphatic rings. The second kappa shape index (κ2) is 9.35. The van der Waals surface area contributed by atoms with Gasteiger partial charge in [-0.2, -0.15) is 10.0 Å². The van der Waals surface area contributed by atoms with Crippen LogP contribution in [-0.4, -0.2) is 61.2 Å². The molecule has 13 heteroatoms. The van der Waals surface area contributed by atoms with E-state index in [-0.39, 0.29) is 32.3 Å². The number of ether oxygens (including phenoxy) is 3. The number of rotatable bonds is 5.